The zero-order valence-corrected chi connectivity index (χ0v) is 10.5. The van der Waals surface area contributed by atoms with Crippen molar-refractivity contribution < 1.29 is 14.7 Å². The van der Waals surface area contributed by atoms with Crippen LogP contribution in [-0.4, -0.2) is 23.5 Å². The molecule has 0 fully saturated rings. The molecule has 0 saturated heterocycles. The van der Waals surface area contributed by atoms with Gasteiger partial charge in [-0.1, -0.05) is 11.6 Å². The molecule has 0 bridgehead atoms. The number of benzene rings is 1. The van der Waals surface area contributed by atoms with Crippen molar-refractivity contribution >= 4 is 29.2 Å². The number of nitrogens with zero attached hydrogens (tertiary/aromatic N) is 1. The van der Waals surface area contributed by atoms with Gasteiger partial charge in [0.2, 0.25) is 5.91 Å². The molecule has 0 heterocycles. The van der Waals surface area contributed by atoms with Gasteiger partial charge in [0.25, 0.3) is 0 Å². The van der Waals surface area contributed by atoms with Gasteiger partial charge in [-0.25, -0.2) is 0 Å². The third-order valence-electron chi connectivity index (χ3n) is 2.38. The van der Waals surface area contributed by atoms with Crippen molar-refractivity contribution in [2.45, 2.75) is 20.3 Å². The van der Waals surface area contributed by atoms with Crippen molar-refractivity contribution in [2.75, 3.05) is 11.4 Å². The highest BCUT2D eigenvalue weighted by molar-refractivity contribution is 6.30. The van der Waals surface area contributed by atoms with E-state index in [-0.39, 0.29) is 18.9 Å². The first-order valence-corrected chi connectivity index (χ1v) is 5.55. The van der Waals surface area contributed by atoms with E-state index >= 15 is 0 Å². The van der Waals surface area contributed by atoms with E-state index in [1.165, 1.54) is 11.8 Å². The van der Waals surface area contributed by atoms with Crippen LogP contribution in [0.4, 0.5) is 5.69 Å². The van der Waals surface area contributed by atoms with E-state index in [1.807, 2.05) is 6.92 Å². The standard InChI is InChI=1S/C12H14ClNO3/c1-8-7-10(13)3-4-11(8)14(9(2)15)6-5-12(16)17/h3-4,7H,5-6H2,1-2H3,(H,16,17). The maximum Gasteiger partial charge on any atom is 0.305 e. The molecule has 0 aliphatic heterocycles. The average Bonchev–Trinajstić information content (AvgIpc) is 2.20. The molecule has 1 N–H and O–H groups in total. The molecule has 4 nitrogen and oxygen atoms in total. The maximum absolute atomic E-state index is 11.5. The SMILES string of the molecule is CC(=O)N(CCC(=O)O)c1ccc(Cl)cc1C. The Labute approximate surface area is 105 Å². The van der Waals surface area contributed by atoms with Crippen LogP contribution in [0.2, 0.25) is 5.02 Å². The van der Waals surface area contributed by atoms with Crippen molar-refractivity contribution in [2.24, 2.45) is 0 Å². The van der Waals surface area contributed by atoms with Gasteiger partial charge in [-0.05, 0) is 30.7 Å². The summed E-state index contributed by atoms with van der Waals surface area (Å²) in [6.07, 6.45) is -0.0817. The Morgan fingerprint density at radius 2 is 2.06 bits per heavy atom. The number of halogens is 1. The van der Waals surface area contributed by atoms with E-state index in [0.717, 1.165) is 5.56 Å². The van der Waals surface area contributed by atoms with E-state index in [1.54, 1.807) is 18.2 Å². The molecule has 92 valence electrons. The monoisotopic (exact) mass is 255 g/mol. The van der Waals surface area contributed by atoms with Crippen LogP contribution < -0.4 is 4.90 Å². The summed E-state index contributed by atoms with van der Waals surface area (Å²) in [6.45, 7) is 3.40. The van der Waals surface area contributed by atoms with Gasteiger partial charge >= 0.3 is 5.97 Å². The van der Waals surface area contributed by atoms with Gasteiger partial charge in [0.05, 0.1) is 6.42 Å². The third kappa shape index (κ3) is 3.75. The molecule has 0 unspecified atom stereocenters. The Balaban J connectivity index is 2.97. The first kappa shape index (κ1) is 13.5. The lowest BCUT2D eigenvalue weighted by molar-refractivity contribution is -0.136. The summed E-state index contributed by atoms with van der Waals surface area (Å²) in [5.74, 6) is -1.11. The molecule has 0 aliphatic rings. The molecule has 1 aromatic carbocycles. The minimum absolute atomic E-state index is 0.0817. The fourth-order valence-electron chi connectivity index (χ4n) is 1.58. The highest BCUT2D eigenvalue weighted by atomic mass is 35.5. The smallest absolute Gasteiger partial charge is 0.305 e. The van der Waals surface area contributed by atoms with E-state index in [9.17, 15) is 9.59 Å². The van der Waals surface area contributed by atoms with Crippen LogP contribution in [0, 0.1) is 6.92 Å². The molecule has 1 rings (SSSR count). The van der Waals surface area contributed by atoms with Crippen molar-refractivity contribution in [1.82, 2.24) is 0 Å². The molecule has 0 atom stereocenters. The van der Waals surface area contributed by atoms with Crippen molar-refractivity contribution in [3.8, 4) is 0 Å². The van der Waals surface area contributed by atoms with E-state index < -0.39 is 5.97 Å². The quantitative estimate of drug-likeness (QED) is 0.899. The average molecular weight is 256 g/mol. The summed E-state index contributed by atoms with van der Waals surface area (Å²) in [4.78, 5) is 23.5. The number of hydrogen-bond donors (Lipinski definition) is 1. The Kier molecular flexibility index (Phi) is 4.52. The topological polar surface area (TPSA) is 57.6 Å². The normalized spacial score (nSPS) is 10.1. The van der Waals surface area contributed by atoms with Gasteiger partial charge in [0, 0.05) is 24.2 Å². The van der Waals surface area contributed by atoms with Crippen LogP contribution in [0.1, 0.15) is 18.9 Å². The molecule has 5 heteroatoms. The minimum atomic E-state index is -0.928. The summed E-state index contributed by atoms with van der Waals surface area (Å²) < 4.78 is 0. The molecular formula is C12H14ClNO3. The molecule has 17 heavy (non-hydrogen) atoms. The molecule has 0 aliphatic carbocycles. The van der Waals surface area contributed by atoms with E-state index in [2.05, 4.69) is 0 Å². The largest absolute Gasteiger partial charge is 0.481 e. The number of rotatable bonds is 4. The molecule has 0 spiro atoms. The van der Waals surface area contributed by atoms with Crippen LogP contribution in [0.5, 0.6) is 0 Å². The third-order valence-corrected chi connectivity index (χ3v) is 2.61. The summed E-state index contributed by atoms with van der Waals surface area (Å²) in [5.41, 5.74) is 1.54. The number of amides is 1. The minimum Gasteiger partial charge on any atom is -0.481 e. The molecule has 1 amide bonds. The van der Waals surface area contributed by atoms with E-state index in [4.69, 9.17) is 16.7 Å². The zero-order valence-electron chi connectivity index (χ0n) is 9.74. The second kappa shape index (κ2) is 5.68. The fourth-order valence-corrected chi connectivity index (χ4v) is 1.80. The summed E-state index contributed by atoms with van der Waals surface area (Å²) in [6, 6.07) is 5.15. The zero-order chi connectivity index (χ0) is 13.0. The molecule has 1 aromatic rings. The van der Waals surface area contributed by atoms with Gasteiger partial charge in [-0.15, -0.1) is 0 Å². The van der Waals surface area contributed by atoms with Gasteiger partial charge in [-0.3, -0.25) is 9.59 Å². The molecule has 0 aromatic heterocycles. The number of carboxylic acid groups (broad SMARTS) is 1. The predicted octanol–water partition coefficient (Wildman–Crippen LogP) is 2.48. The number of aliphatic carboxylic acids is 1. The number of carboxylic acids is 1. The first-order valence-electron chi connectivity index (χ1n) is 5.18. The number of anilines is 1. The molecular weight excluding hydrogens is 242 g/mol. The van der Waals surface area contributed by atoms with Crippen LogP contribution in [0.15, 0.2) is 18.2 Å². The second-order valence-corrected chi connectivity index (χ2v) is 4.18. The Bertz CT molecular complexity index is 445. The van der Waals surface area contributed by atoms with E-state index in [0.29, 0.717) is 10.7 Å². The first-order chi connectivity index (χ1) is 7.91. The van der Waals surface area contributed by atoms with Crippen LogP contribution >= 0.6 is 11.6 Å². The Hall–Kier alpha value is -1.55. The van der Waals surface area contributed by atoms with Gasteiger partial charge in [0.1, 0.15) is 0 Å². The number of carbonyl (C=O) groups excluding carboxylic acids is 1. The van der Waals surface area contributed by atoms with Gasteiger partial charge in [0.15, 0.2) is 0 Å². The predicted molar refractivity (Wildman–Crippen MR) is 66.5 cm³/mol. The second-order valence-electron chi connectivity index (χ2n) is 3.75. The summed E-state index contributed by atoms with van der Waals surface area (Å²) in [7, 11) is 0. The van der Waals surface area contributed by atoms with Crippen molar-refractivity contribution in [1.29, 1.82) is 0 Å². The van der Waals surface area contributed by atoms with Crippen LogP contribution in [0.25, 0.3) is 0 Å². The lowest BCUT2D eigenvalue weighted by Crippen LogP contribution is -2.31. The lowest BCUT2D eigenvalue weighted by Gasteiger charge is -2.22. The Morgan fingerprint density at radius 1 is 1.41 bits per heavy atom. The number of hydrogen-bond acceptors (Lipinski definition) is 2. The van der Waals surface area contributed by atoms with Crippen LogP contribution in [0.3, 0.4) is 0 Å². The van der Waals surface area contributed by atoms with Gasteiger partial charge in [-0.2, -0.15) is 0 Å². The summed E-state index contributed by atoms with van der Waals surface area (Å²) >= 11 is 5.83. The Morgan fingerprint density at radius 3 is 2.53 bits per heavy atom. The van der Waals surface area contributed by atoms with Crippen LogP contribution in [-0.2, 0) is 9.59 Å². The highest BCUT2D eigenvalue weighted by Gasteiger charge is 2.15. The fraction of sp³-hybridized carbons (Fsp3) is 0.333. The van der Waals surface area contributed by atoms with Gasteiger partial charge < -0.3 is 10.0 Å². The summed E-state index contributed by atoms with van der Waals surface area (Å²) in [5, 5.41) is 9.24. The van der Waals surface area contributed by atoms with Crippen molar-refractivity contribution in [3.63, 3.8) is 0 Å². The highest BCUT2D eigenvalue weighted by Crippen LogP contribution is 2.23. The molecule has 0 saturated carbocycles. The number of carbonyl (C=O) groups is 2. The van der Waals surface area contributed by atoms with Crippen molar-refractivity contribution in [3.05, 3.63) is 28.8 Å². The number of aryl methyl sites for hydroxylation is 1. The maximum atomic E-state index is 11.5. The lowest BCUT2D eigenvalue weighted by atomic mass is 10.1. The molecule has 0 radical (unpaired) electrons.